The van der Waals surface area contributed by atoms with Gasteiger partial charge >= 0.3 is 17.1 Å². The minimum Gasteiger partial charge on any atom is -0.657 e. The van der Waals surface area contributed by atoms with Crippen molar-refractivity contribution in [1.29, 1.82) is 0 Å². The summed E-state index contributed by atoms with van der Waals surface area (Å²) >= 11 is 0. The van der Waals surface area contributed by atoms with Crippen LogP contribution in [0.5, 0.6) is 0 Å². The van der Waals surface area contributed by atoms with E-state index in [1.807, 2.05) is 42.5 Å². The molecule has 0 atom stereocenters. The third kappa shape index (κ3) is 4.36. The van der Waals surface area contributed by atoms with E-state index in [4.69, 9.17) is 5.32 Å². The molecule has 0 N–H and O–H groups in total. The predicted molar refractivity (Wildman–Crippen MR) is 129 cm³/mol. The monoisotopic (exact) mass is 439 g/mol. The molecule has 1 aliphatic heterocycles. The van der Waals surface area contributed by atoms with Crippen LogP contribution in [0.25, 0.3) is 33.3 Å². The summed E-state index contributed by atoms with van der Waals surface area (Å²) in [5, 5.41) is 7.42. The SMILES string of the molecule is C1=CC(=C2C=Cc3c(cccc3-c3cccc4ccccc34)[N-]2)C=C1.[Fe+2].c1cc[cH-]c1. The van der Waals surface area contributed by atoms with E-state index in [1.54, 1.807) is 0 Å². The molecule has 0 bridgehead atoms. The van der Waals surface area contributed by atoms with E-state index in [9.17, 15) is 0 Å². The quantitative estimate of drug-likeness (QED) is 0.209. The second-order valence-corrected chi connectivity index (χ2v) is 7.23. The Bertz CT molecular complexity index is 1270. The van der Waals surface area contributed by atoms with Crippen molar-refractivity contribution in [3.05, 3.63) is 144 Å². The number of hydrogen-bond acceptors (Lipinski definition) is 0. The Kier molecular flexibility index (Phi) is 6.43. The maximum Gasteiger partial charge on any atom is 2.00 e. The molecule has 1 aliphatic carbocycles. The molecule has 0 aromatic heterocycles. The van der Waals surface area contributed by atoms with Gasteiger partial charge in [-0.3, -0.25) is 0 Å². The van der Waals surface area contributed by atoms with Crippen LogP contribution in [0.15, 0.2) is 133 Å². The van der Waals surface area contributed by atoms with Gasteiger partial charge in [-0.1, -0.05) is 97.1 Å². The first-order valence-corrected chi connectivity index (χ1v) is 10.2. The van der Waals surface area contributed by atoms with Crippen molar-refractivity contribution >= 4 is 22.5 Å². The molecular formula is C29H21FeN. The van der Waals surface area contributed by atoms with Gasteiger partial charge in [0.15, 0.2) is 0 Å². The van der Waals surface area contributed by atoms with Crippen LogP contribution in [0, 0.1) is 0 Å². The largest absolute Gasteiger partial charge is 2.00 e. The van der Waals surface area contributed by atoms with Crippen LogP contribution in [0.1, 0.15) is 5.56 Å². The van der Waals surface area contributed by atoms with Crippen molar-refractivity contribution in [3.63, 3.8) is 0 Å². The first-order valence-electron chi connectivity index (χ1n) is 10.2. The van der Waals surface area contributed by atoms with Crippen molar-refractivity contribution in [2.45, 2.75) is 0 Å². The Morgan fingerprint density at radius 1 is 0.613 bits per heavy atom. The minimum atomic E-state index is 0. The third-order valence-corrected chi connectivity index (χ3v) is 5.33. The summed E-state index contributed by atoms with van der Waals surface area (Å²) in [6, 6.07) is 31.4. The van der Waals surface area contributed by atoms with Crippen LogP contribution in [0.3, 0.4) is 0 Å². The van der Waals surface area contributed by atoms with Crippen LogP contribution < -0.4 is 0 Å². The Balaban J connectivity index is 0.000000342. The molecule has 31 heavy (non-hydrogen) atoms. The maximum atomic E-state index is 4.88. The van der Waals surface area contributed by atoms with Crippen molar-refractivity contribution in [2.75, 3.05) is 0 Å². The molecule has 4 aromatic rings. The predicted octanol–water partition coefficient (Wildman–Crippen LogP) is 8.32. The molecule has 2 aliphatic rings. The van der Waals surface area contributed by atoms with E-state index < -0.39 is 0 Å². The molecule has 1 nitrogen and oxygen atoms in total. The number of benzene rings is 3. The van der Waals surface area contributed by atoms with Crippen molar-refractivity contribution < 1.29 is 17.1 Å². The van der Waals surface area contributed by atoms with E-state index in [1.165, 1.54) is 27.5 Å². The summed E-state index contributed by atoms with van der Waals surface area (Å²) in [4.78, 5) is 0. The standard InChI is InChI=1S/C24H16N.C5H5.Fe/c1-2-9-18(8-1)23-16-15-22-21(13-6-14-24(22)25-23)20-12-5-10-17-7-3-4-11-19(17)20;1-2-4-5-3-1;/h1-16H;1-5H;/q2*-1;+2. The van der Waals surface area contributed by atoms with Gasteiger partial charge < -0.3 is 5.32 Å². The third-order valence-electron chi connectivity index (χ3n) is 5.33. The molecule has 0 amide bonds. The van der Waals surface area contributed by atoms with Crippen LogP contribution in [-0.4, -0.2) is 0 Å². The molecule has 2 heteroatoms. The number of nitrogens with zero attached hydrogens (tertiary/aromatic N) is 1. The number of rotatable bonds is 1. The van der Waals surface area contributed by atoms with E-state index >= 15 is 0 Å². The fourth-order valence-electron chi connectivity index (χ4n) is 3.88. The molecule has 0 saturated heterocycles. The molecule has 4 aromatic carbocycles. The fourth-order valence-corrected chi connectivity index (χ4v) is 3.88. The summed E-state index contributed by atoms with van der Waals surface area (Å²) in [6.07, 6.45) is 12.6. The fraction of sp³-hybridized carbons (Fsp3) is 0. The molecule has 0 radical (unpaired) electrons. The average Bonchev–Trinajstić information content (AvgIpc) is 3.55. The molecule has 150 valence electrons. The van der Waals surface area contributed by atoms with E-state index in [0.717, 1.165) is 17.0 Å². The second-order valence-electron chi connectivity index (χ2n) is 7.23. The van der Waals surface area contributed by atoms with Crippen molar-refractivity contribution in [3.8, 4) is 11.1 Å². The van der Waals surface area contributed by atoms with Crippen LogP contribution in [0.2, 0.25) is 0 Å². The van der Waals surface area contributed by atoms with Gasteiger partial charge in [0.05, 0.1) is 0 Å². The zero-order valence-electron chi connectivity index (χ0n) is 16.9. The molecule has 0 saturated carbocycles. The Hall–Kier alpha value is -3.45. The zero-order valence-corrected chi connectivity index (χ0v) is 18.0. The Labute approximate surface area is 194 Å². The minimum absolute atomic E-state index is 0. The number of hydrogen-bond donors (Lipinski definition) is 0. The van der Waals surface area contributed by atoms with Gasteiger partial charge in [-0.2, -0.15) is 18.2 Å². The molecule has 0 unspecified atom stereocenters. The van der Waals surface area contributed by atoms with E-state index in [0.29, 0.717) is 0 Å². The van der Waals surface area contributed by atoms with Crippen molar-refractivity contribution in [1.82, 2.24) is 0 Å². The van der Waals surface area contributed by atoms with Crippen LogP contribution in [-0.2, 0) is 17.1 Å². The molecular weight excluding hydrogens is 418 g/mol. The second kappa shape index (κ2) is 9.57. The molecule has 6 rings (SSSR count). The first kappa shape index (κ1) is 20.8. The summed E-state index contributed by atoms with van der Waals surface area (Å²) < 4.78 is 0. The summed E-state index contributed by atoms with van der Waals surface area (Å²) in [5.74, 6) is 0. The van der Waals surface area contributed by atoms with Crippen LogP contribution in [0.4, 0.5) is 5.69 Å². The summed E-state index contributed by atoms with van der Waals surface area (Å²) in [7, 11) is 0. The van der Waals surface area contributed by atoms with Gasteiger partial charge in [-0.05, 0) is 33.0 Å². The number of allylic oxidation sites excluding steroid dienone is 6. The zero-order chi connectivity index (χ0) is 20.2. The smallest absolute Gasteiger partial charge is 0.657 e. The molecule has 1 heterocycles. The van der Waals surface area contributed by atoms with Gasteiger partial charge in [0.1, 0.15) is 0 Å². The van der Waals surface area contributed by atoms with Gasteiger partial charge in [0.25, 0.3) is 0 Å². The van der Waals surface area contributed by atoms with Gasteiger partial charge in [-0.25, -0.2) is 12.1 Å². The Morgan fingerprint density at radius 3 is 2.10 bits per heavy atom. The normalized spacial score (nSPS) is 13.3. The topological polar surface area (TPSA) is 14.1 Å². The average molecular weight is 439 g/mol. The van der Waals surface area contributed by atoms with E-state index in [-0.39, 0.29) is 17.1 Å². The molecule has 0 fully saturated rings. The van der Waals surface area contributed by atoms with Gasteiger partial charge in [0, 0.05) is 0 Å². The Morgan fingerprint density at radius 2 is 1.32 bits per heavy atom. The maximum absolute atomic E-state index is 4.88. The molecule has 0 spiro atoms. The van der Waals surface area contributed by atoms with E-state index in [2.05, 4.69) is 85.0 Å². The summed E-state index contributed by atoms with van der Waals surface area (Å²) in [5.41, 5.74) is 6.89. The van der Waals surface area contributed by atoms with Crippen LogP contribution >= 0.6 is 0 Å². The summed E-state index contributed by atoms with van der Waals surface area (Å²) in [6.45, 7) is 0. The van der Waals surface area contributed by atoms with Gasteiger partial charge in [-0.15, -0.1) is 11.4 Å². The first-order chi connectivity index (χ1) is 14.9. The van der Waals surface area contributed by atoms with Crippen molar-refractivity contribution in [2.24, 2.45) is 0 Å². The van der Waals surface area contributed by atoms with Gasteiger partial charge in [0.2, 0.25) is 0 Å². The number of fused-ring (bicyclic) bond motifs is 2.